The van der Waals surface area contributed by atoms with Crippen LogP contribution < -0.4 is 5.32 Å². The second kappa shape index (κ2) is 8.12. The number of hydrogen-bond acceptors (Lipinski definition) is 4. The maximum Gasteiger partial charge on any atom is 0.225 e. The molecule has 5 nitrogen and oxygen atoms in total. The molecule has 1 N–H and O–H groups in total. The number of nitrogens with one attached hydrogen (secondary N) is 1. The third-order valence-corrected chi connectivity index (χ3v) is 6.06. The molecule has 0 radical (unpaired) electrons. The van der Waals surface area contributed by atoms with Crippen molar-refractivity contribution in [2.45, 2.75) is 32.7 Å². The van der Waals surface area contributed by atoms with Crippen molar-refractivity contribution in [2.75, 3.05) is 32.7 Å². The molecule has 24 heavy (non-hydrogen) atoms. The Hall–Kier alpha value is -1.40. The summed E-state index contributed by atoms with van der Waals surface area (Å²) in [4.78, 5) is 29.7. The van der Waals surface area contributed by atoms with E-state index in [0.717, 1.165) is 39.0 Å². The van der Waals surface area contributed by atoms with Crippen LogP contribution in [-0.2, 0) is 16.1 Å². The smallest absolute Gasteiger partial charge is 0.225 e. The average molecular weight is 350 g/mol. The molecule has 1 aromatic heterocycles. The number of carbonyl (C=O) groups is 2. The third kappa shape index (κ3) is 4.36. The van der Waals surface area contributed by atoms with E-state index in [1.54, 1.807) is 4.90 Å². The Kier molecular flexibility index (Phi) is 5.89. The Morgan fingerprint density at radius 1 is 1.38 bits per heavy atom. The molecule has 2 saturated heterocycles. The van der Waals surface area contributed by atoms with Gasteiger partial charge in [-0.1, -0.05) is 6.07 Å². The van der Waals surface area contributed by atoms with Crippen LogP contribution in [0.4, 0.5) is 0 Å². The molecule has 2 aliphatic rings. The fourth-order valence-corrected chi connectivity index (χ4v) is 4.36. The molecule has 2 amide bonds. The minimum absolute atomic E-state index is 0.0558. The average Bonchev–Trinajstić information content (AvgIpc) is 3.23. The molecule has 2 fully saturated rings. The van der Waals surface area contributed by atoms with Gasteiger partial charge in [-0.15, -0.1) is 11.3 Å². The predicted octanol–water partition coefficient (Wildman–Crippen LogP) is 1.94. The van der Waals surface area contributed by atoms with Crippen molar-refractivity contribution >= 4 is 23.2 Å². The summed E-state index contributed by atoms with van der Waals surface area (Å²) in [6, 6.07) is 4.30. The highest BCUT2D eigenvalue weighted by molar-refractivity contribution is 7.09. The van der Waals surface area contributed by atoms with Gasteiger partial charge in [-0.05, 0) is 50.2 Å². The molecular weight excluding hydrogens is 322 g/mol. The fourth-order valence-electron chi connectivity index (χ4n) is 3.61. The molecule has 0 aliphatic carbocycles. The van der Waals surface area contributed by atoms with Crippen molar-refractivity contribution in [3.8, 4) is 0 Å². The van der Waals surface area contributed by atoms with E-state index in [9.17, 15) is 9.59 Å². The van der Waals surface area contributed by atoms with Gasteiger partial charge in [0.25, 0.3) is 0 Å². The predicted molar refractivity (Wildman–Crippen MR) is 95.7 cm³/mol. The minimum Gasteiger partial charge on any atom is -0.356 e. The van der Waals surface area contributed by atoms with Crippen LogP contribution in [0.5, 0.6) is 0 Å². The summed E-state index contributed by atoms with van der Waals surface area (Å²) in [5.74, 6) is 0.573. The Morgan fingerprint density at radius 2 is 2.17 bits per heavy atom. The Balaban J connectivity index is 1.36. The third-order valence-electron chi connectivity index (χ3n) is 5.20. The van der Waals surface area contributed by atoms with Crippen LogP contribution in [0.1, 0.15) is 31.1 Å². The van der Waals surface area contributed by atoms with Gasteiger partial charge in [0.15, 0.2) is 0 Å². The van der Waals surface area contributed by atoms with Crippen LogP contribution in [0, 0.1) is 11.8 Å². The molecule has 2 aliphatic heterocycles. The van der Waals surface area contributed by atoms with Gasteiger partial charge in [-0.3, -0.25) is 14.5 Å². The van der Waals surface area contributed by atoms with Crippen LogP contribution in [0.15, 0.2) is 17.5 Å². The summed E-state index contributed by atoms with van der Waals surface area (Å²) in [7, 11) is 0. The molecule has 132 valence electrons. The van der Waals surface area contributed by atoms with Crippen molar-refractivity contribution in [3.05, 3.63) is 22.4 Å². The first-order valence-corrected chi connectivity index (χ1v) is 9.84. The number of carbonyl (C=O) groups excluding carboxylic acids is 2. The van der Waals surface area contributed by atoms with E-state index in [2.05, 4.69) is 27.7 Å². The van der Waals surface area contributed by atoms with Crippen molar-refractivity contribution in [2.24, 2.45) is 11.8 Å². The number of nitrogens with zero attached hydrogens (tertiary/aromatic N) is 2. The summed E-state index contributed by atoms with van der Waals surface area (Å²) in [6.45, 7) is 7.25. The monoisotopic (exact) mass is 349 g/mol. The van der Waals surface area contributed by atoms with Gasteiger partial charge in [-0.25, -0.2) is 0 Å². The molecule has 0 unspecified atom stereocenters. The highest BCUT2D eigenvalue weighted by atomic mass is 32.1. The molecule has 3 rings (SSSR count). The molecule has 1 atom stereocenters. The summed E-state index contributed by atoms with van der Waals surface area (Å²) in [5, 5.41) is 5.22. The van der Waals surface area contributed by atoms with Gasteiger partial charge >= 0.3 is 0 Å². The Labute approximate surface area is 148 Å². The van der Waals surface area contributed by atoms with Crippen LogP contribution in [0.25, 0.3) is 0 Å². The topological polar surface area (TPSA) is 52.7 Å². The largest absolute Gasteiger partial charge is 0.356 e. The Bertz CT molecular complexity index is 553. The quantitative estimate of drug-likeness (QED) is 0.854. The van der Waals surface area contributed by atoms with Crippen molar-refractivity contribution < 1.29 is 9.59 Å². The zero-order chi connectivity index (χ0) is 16.9. The van der Waals surface area contributed by atoms with Gasteiger partial charge in [-0.2, -0.15) is 0 Å². The van der Waals surface area contributed by atoms with Gasteiger partial charge in [0, 0.05) is 37.5 Å². The maximum absolute atomic E-state index is 12.3. The molecule has 0 spiro atoms. The van der Waals surface area contributed by atoms with Gasteiger partial charge in [0.05, 0.1) is 5.92 Å². The first kappa shape index (κ1) is 17.4. The summed E-state index contributed by atoms with van der Waals surface area (Å²) in [5.41, 5.74) is 0. The maximum atomic E-state index is 12.3. The number of rotatable bonds is 6. The standard InChI is InChI=1S/C18H27N3O2S/c1-2-21-12-15(10-17(21)22)18(23)19-11-14-5-7-20(8-6-14)13-16-4-3-9-24-16/h3-4,9,14-15H,2,5-8,10-13H2,1H3,(H,19,23)/t15-/m0/s1. The van der Waals surface area contributed by atoms with Gasteiger partial charge < -0.3 is 10.2 Å². The van der Waals surface area contributed by atoms with Gasteiger partial charge in [0.1, 0.15) is 0 Å². The molecule has 0 saturated carbocycles. The lowest BCUT2D eigenvalue weighted by molar-refractivity contribution is -0.128. The van der Waals surface area contributed by atoms with E-state index >= 15 is 0 Å². The summed E-state index contributed by atoms with van der Waals surface area (Å²) >= 11 is 1.82. The van der Waals surface area contributed by atoms with Crippen molar-refractivity contribution in [3.63, 3.8) is 0 Å². The zero-order valence-electron chi connectivity index (χ0n) is 14.4. The lowest BCUT2D eigenvalue weighted by Gasteiger charge is -2.31. The number of amides is 2. The van der Waals surface area contributed by atoms with E-state index in [1.165, 1.54) is 4.88 Å². The SMILES string of the molecule is CCN1C[C@@H](C(=O)NCC2CCN(Cc3cccs3)CC2)CC1=O. The molecular formula is C18H27N3O2S. The molecule has 0 aromatic carbocycles. The number of hydrogen-bond donors (Lipinski definition) is 1. The van der Waals surface area contributed by atoms with Gasteiger partial charge in [0.2, 0.25) is 11.8 Å². The molecule has 3 heterocycles. The zero-order valence-corrected chi connectivity index (χ0v) is 15.2. The van der Waals surface area contributed by atoms with Crippen LogP contribution in [0.3, 0.4) is 0 Å². The summed E-state index contributed by atoms with van der Waals surface area (Å²) < 4.78 is 0. The lowest BCUT2D eigenvalue weighted by atomic mass is 9.96. The Morgan fingerprint density at radius 3 is 2.79 bits per heavy atom. The first-order chi connectivity index (χ1) is 11.7. The molecule has 0 bridgehead atoms. The van der Waals surface area contributed by atoms with Crippen LogP contribution >= 0.6 is 11.3 Å². The van der Waals surface area contributed by atoms with Crippen LogP contribution in [-0.4, -0.2) is 54.3 Å². The molecule has 6 heteroatoms. The van der Waals surface area contributed by atoms with E-state index in [4.69, 9.17) is 0 Å². The number of thiophene rings is 1. The minimum atomic E-state index is -0.156. The summed E-state index contributed by atoms with van der Waals surface area (Å²) in [6.07, 6.45) is 2.64. The highest BCUT2D eigenvalue weighted by Crippen LogP contribution is 2.21. The van der Waals surface area contributed by atoms with E-state index in [1.807, 2.05) is 18.3 Å². The fraction of sp³-hybridized carbons (Fsp3) is 0.667. The highest BCUT2D eigenvalue weighted by Gasteiger charge is 2.33. The van der Waals surface area contributed by atoms with Crippen molar-refractivity contribution in [1.29, 1.82) is 0 Å². The second-order valence-electron chi connectivity index (χ2n) is 6.88. The van der Waals surface area contributed by atoms with E-state index < -0.39 is 0 Å². The molecule has 1 aromatic rings. The normalized spacial score (nSPS) is 23.0. The van der Waals surface area contributed by atoms with E-state index in [-0.39, 0.29) is 17.7 Å². The first-order valence-electron chi connectivity index (χ1n) is 8.96. The van der Waals surface area contributed by atoms with Crippen LogP contribution in [0.2, 0.25) is 0 Å². The van der Waals surface area contributed by atoms with E-state index in [0.29, 0.717) is 25.4 Å². The second-order valence-corrected chi connectivity index (χ2v) is 7.91. The number of likely N-dealkylation sites (tertiary alicyclic amines) is 2. The van der Waals surface area contributed by atoms with Crippen molar-refractivity contribution in [1.82, 2.24) is 15.1 Å². The lowest BCUT2D eigenvalue weighted by Crippen LogP contribution is -2.40. The number of piperidine rings is 1.